The highest BCUT2D eigenvalue weighted by Crippen LogP contribution is 2.11. The maximum Gasteiger partial charge on any atom is 0.310 e. The Kier molecular flexibility index (Phi) is 5.07. The largest absolute Gasteiger partial charge is 0.469 e. The Morgan fingerprint density at radius 1 is 1.40 bits per heavy atom. The number of nitrogens with zero attached hydrogens (tertiary/aromatic N) is 2. The molecule has 0 aliphatic rings. The van der Waals surface area contributed by atoms with Crippen molar-refractivity contribution in [3.05, 3.63) is 23.5 Å². The maximum atomic E-state index is 12.3. The highest BCUT2D eigenvalue weighted by molar-refractivity contribution is 5.99. The topological polar surface area (TPSA) is 68.6 Å². The van der Waals surface area contributed by atoms with E-state index in [0.29, 0.717) is 11.3 Å². The summed E-state index contributed by atoms with van der Waals surface area (Å²) >= 11 is 0. The van der Waals surface area contributed by atoms with Crippen molar-refractivity contribution in [1.82, 2.24) is 9.47 Å². The third kappa shape index (κ3) is 3.46. The van der Waals surface area contributed by atoms with Crippen LogP contribution in [-0.4, -0.2) is 47.8 Å². The molecule has 0 saturated heterocycles. The summed E-state index contributed by atoms with van der Waals surface area (Å²) in [5.41, 5.74) is 0.903. The molecule has 6 heteroatoms. The van der Waals surface area contributed by atoms with Gasteiger partial charge in [0.1, 0.15) is 5.69 Å². The van der Waals surface area contributed by atoms with E-state index in [-0.39, 0.29) is 24.2 Å². The lowest BCUT2D eigenvalue weighted by Gasteiger charge is -2.20. The van der Waals surface area contributed by atoms with E-state index in [1.165, 1.54) is 18.9 Å². The summed E-state index contributed by atoms with van der Waals surface area (Å²) in [4.78, 5) is 36.4. The van der Waals surface area contributed by atoms with Gasteiger partial charge in [-0.15, -0.1) is 0 Å². The SMILES string of the molecule is COC(=O)C(C)CN(C)C(=O)c1cc(C(C)=O)cn1C. The Bertz CT molecular complexity index is 533. The number of rotatable bonds is 5. The lowest BCUT2D eigenvalue weighted by Crippen LogP contribution is -2.35. The molecule has 1 unspecified atom stereocenters. The Morgan fingerprint density at radius 2 is 2.00 bits per heavy atom. The molecule has 1 aromatic rings. The molecule has 0 aliphatic heterocycles. The van der Waals surface area contributed by atoms with Gasteiger partial charge < -0.3 is 14.2 Å². The van der Waals surface area contributed by atoms with Crippen molar-refractivity contribution in [2.75, 3.05) is 20.7 Å². The summed E-state index contributed by atoms with van der Waals surface area (Å²) < 4.78 is 6.24. The number of carbonyl (C=O) groups is 3. The summed E-state index contributed by atoms with van der Waals surface area (Å²) in [6.45, 7) is 3.40. The van der Waals surface area contributed by atoms with Crippen LogP contribution in [0.1, 0.15) is 34.7 Å². The normalized spacial score (nSPS) is 11.8. The summed E-state index contributed by atoms with van der Waals surface area (Å²) in [6.07, 6.45) is 1.62. The number of aromatic nitrogens is 1. The first-order valence-electron chi connectivity index (χ1n) is 6.28. The molecule has 1 atom stereocenters. The first-order valence-corrected chi connectivity index (χ1v) is 6.28. The highest BCUT2D eigenvalue weighted by Gasteiger charge is 2.22. The molecule has 0 radical (unpaired) electrons. The van der Waals surface area contributed by atoms with Gasteiger partial charge in [0.2, 0.25) is 0 Å². The van der Waals surface area contributed by atoms with Crippen molar-refractivity contribution in [2.24, 2.45) is 13.0 Å². The van der Waals surface area contributed by atoms with E-state index in [4.69, 9.17) is 0 Å². The van der Waals surface area contributed by atoms with E-state index in [1.807, 2.05) is 0 Å². The number of amides is 1. The van der Waals surface area contributed by atoms with Crippen molar-refractivity contribution in [2.45, 2.75) is 13.8 Å². The van der Waals surface area contributed by atoms with Gasteiger partial charge in [-0.3, -0.25) is 14.4 Å². The second-order valence-electron chi connectivity index (χ2n) is 4.89. The minimum absolute atomic E-state index is 0.0924. The Morgan fingerprint density at radius 3 is 2.45 bits per heavy atom. The zero-order valence-corrected chi connectivity index (χ0v) is 12.5. The monoisotopic (exact) mass is 280 g/mol. The van der Waals surface area contributed by atoms with Crippen LogP contribution in [0.2, 0.25) is 0 Å². The summed E-state index contributed by atoms with van der Waals surface area (Å²) in [5.74, 6) is -1.09. The van der Waals surface area contributed by atoms with E-state index in [2.05, 4.69) is 4.74 Å². The molecule has 0 saturated carbocycles. The van der Waals surface area contributed by atoms with Crippen LogP contribution in [0.3, 0.4) is 0 Å². The molecule has 1 rings (SSSR count). The van der Waals surface area contributed by atoms with Crippen molar-refractivity contribution in [3.63, 3.8) is 0 Å². The van der Waals surface area contributed by atoms with Crippen LogP contribution < -0.4 is 0 Å². The summed E-state index contributed by atoms with van der Waals surface area (Å²) in [5, 5.41) is 0. The third-order valence-corrected chi connectivity index (χ3v) is 3.13. The van der Waals surface area contributed by atoms with Crippen molar-refractivity contribution in [3.8, 4) is 0 Å². The van der Waals surface area contributed by atoms with Gasteiger partial charge in [0.15, 0.2) is 5.78 Å². The van der Waals surface area contributed by atoms with Crippen LogP contribution in [0, 0.1) is 5.92 Å². The predicted molar refractivity (Wildman–Crippen MR) is 73.6 cm³/mol. The molecule has 0 spiro atoms. The molecular weight excluding hydrogens is 260 g/mol. The van der Waals surface area contributed by atoms with Crippen LogP contribution in [0.4, 0.5) is 0 Å². The molecule has 0 bridgehead atoms. The van der Waals surface area contributed by atoms with Crippen LogP contribution in [0.25, 0.3) is 0 Å². The number of aryl methyl sites for hydroxylation is 1. The first-order chi connectivity index (χ1) is 9.27. The zero-order chi connectivity index (χ0) is 15.4. The summed E-state index contributed by atoms with van der Waals surface area (Å²) in [7, 11) is 4.64. The van der Waals surface area contributed by atoms with Gasteiger partial charge in [-0.25, -0.2) is 0 Å². The second kappa shape index (κ2) is 6.36. The Labute approximate surface area is 118 Å². The van der Waals surface area contributed by atoms with Crippen molar-refractivity contribution >= 4 is 17.7 Å². The molecule has 0 N–H and O–H groups in total. The number of carbonyl (C=O) groups excluding carboxylic acids is 3. The van der Waals surface area contributed by atoms with E-state index >= 15 is 0 Å². The molecule has 6 nitrogen and oxygen atoms in total. The fourth-order valence-corrected chi connectivity index (χ4v) is 1.93. The number of methoxy groups -OCH3 is 1. The van der Waals surface area contributed by atoms with Crippen LogP contribution in [0.15, 0.2) is 12.3 Å². The minimum Gasteiger partial charge on any atom is -0.469 e. The molecule has 110 valence electrons. The average molecular weight is 280 g/mol. The van der Waals surface area contributed by atoms with Crippen LogP contribution in [-0.2, 0) is 16.6 Å². The lowest BCUT2D eigenvalue weighted by molar-refractivity contribution is -0.145. The van der Waals surface area contributed by atoms with Crippen LogP contribution >= 0.6 is 0 Å². The molecular formula is C14H20N2O4. The fraction of sp³-hybridized carbons (Fsp3) is 0.500. The van der Waals surface area contributed by atoms with Gasteiger partial charge in [-0.1, -0.05) is 6.92 Å². The van der Waals surface area contributed by atoms with Crippen LogP contribution in [0.5, 0.6) is 0 Å². The van der Waals surface area contributed by atoms with Crippen molar-refractivity contribution in [1.29, 1.82) is 0 Å². The van der Waals surface area contributed by atoms with Gasteiger partial charge >= 0.3 is 5.97 Å². The van der Waals surface area contributed by atoms with E-state index < -0.39 is 5.92 Å². The minimum atomic E-state index is -0.401. The standard InChI is InChI=1S/C14H20N2O4/c1-9(14(19)20-5)7-16(4)13(18)12-6-11(10(2)17)8-15(12)3/h6,8-9H,7H2,1-5H3. The number of ether oxygens (including phenoxy) is 1. The van der Waals surface area contributed by atoms with Gasteiger partial charge in [-0.05, 0) is 13.0 Å². The molecule has 20 heavy (non-hydrogen) atoms. The van der Waals surface area contributed by atoms with Gasteiger partial charge in [-0.2, -0.15) is 0 Å². The van der Waals surface area contributed by atoms with E-state index in [0.717, 1.165) is 0 Å². The molecule has 1 amide bonds. The zero-order valence-electron chi connectivity index (χ0n) is 12.5. The molecule has 1 aromatic heterocycles. The van der Waals surface area contributed by atoms with E-state index in [9.17, 15) is 14.4 Å². The maximum absolute atomic E-state index is 12.3. The average Bonchev–Trinajstić information content (AvgIpc) is 2.78. The van der Waals surface area contributed by atoms with E-state index in [1.54, 1.807) is 37.8 Å². The first kappa shape index (κ1) is 15.9. The fourth-order valence-electron chi connectivity index (χ4n) is 1.93. The number of hydrogen-bond acceptors (Lipinski definition) is 4. The van der Waals surface area contributed by atoms with Gasteiger partial charge in [0, 0.05) is 32.4 Å². The predicted octanol–water partition coefficient (Wildman–Crippen LogP) is 1.11. The quantitative estimate of drug-likeness (QED) is 0.598. The molecule has 1 heterocycles. The smallest absolute Gasteiger partial charge is 0.310 e. The van der Waals surface area contributed by atoms with Gasteiger partial charge in [0.05, 0.1) is 13.0 Å². The Balaban J connectivity index is 2.84. The molecule has 0 aliphatic carbocycles. The molecule has 0 fully saturated rings. The third-order valence-electron chi connectivity index (χ3n) is 3.13. The van der Waals surface area contributed by atoms with Crippen molar-refractivity contribution < 1.29 is 19.1 Å². The molecule has 0 aromatic carbocycles. The number of Topliss-reactive ketones (excluding diaryl/α,β-unsaturated/α-hetero) is 1. The number of hydrogen-bond donors (Lipinski definition) is 0. The number of esters is 1. The lowest BCUT2D eigenvalue weighted by atomic mass is 10.1. The summed E-state index contributed by atoms with van der Waals surface area (Å²) in [6, 6.07) is 1.56. The van der Waals surface area contributed by atoms with Gasteiger partial charge in [0.25, 0.3) is 5.91 Å². The Hall–Kier alpha value is -2.11. The second-order valence-corrected chi connectivity index (χ2v) is 4.89. The highest BCUT2D eigenvalue weighted by atomic mass is 16.5. The number of ketones is 1.